The van der Waals surface area contributed by atoms with Crippen molar-refractivity contribution in [2.24, 2.45) is 0 Å². The summed E-state index contributed by atoms with van der Waals surface area (Å²) in [6.07, 6.45) is 1.85. The van der Waals surface area contributed by atoms with E-state index < -0.39 is 5.82 Å². The van der Waals surface area contributed by atoms with Crippen LogP contribution in [0.4, 0.5) is 10.1 Å². The van der Waals surface area contributed by atoms with Crippen LogP contribution >= 0.6 is 11.6 Å². The second-order valence-corrected chi connectivity index (χ2v) is 3.59. The molecule has 2 N–H and O–H groups in total. The number of nitrogens with one attached hydrogen (secondary N) is 2. The minimum Gasteiger partial charge on any atom is -0.379 e. The van der Waals surface area contributed by atoms with Gasteiger partial charge >= 0.3 is 0 Å². The van der Waals surface area contributed by atoms with E-state index in [1.54, 1.807) is 6.07 Å². The van der Waals surface area contributed by atoms with Crippen molar-refractivity contribution in [1.82, 2.24) is 4.98 Å². The summed E-state index contributed by atoms with van der Waals surface area (Å²) >= 11 is 5.57. The molecule has 15 heavy (non-hydrogen) atoms. The van der Waals surface area contributed by atoms with Crippen molar-refractivity contribution in [3.63, 3.8) is 0 Å². The van der Waals surface area contributed by atoms with Crippen molar-refractivity contribution in [1.29, 1.82) is 0 Å². The fraction of sp³-hybridized carbons (Fsp3) is 0.0909. The van der Waals surface area contributed by atoms with Crippen molar-refractivity contribution in [3.8, 4) is 0 Å². The lowest BCUT2D eigenvalue weighted by Gasteiger charge is -2.05. The first-order valence-electron chi connectivity index (χ1n) is 4.57. The molecule has 78 valence electrons. The summed E-state index contributed by atoms with van der Waals surface area (Å²) in [5.41, 5.74) is 1.76. The molecule has 4 heteroatoms. The Morgan fingerprint density at radius 3 is 2.87 bits per heavy atom. The molecule has 0 saturated heterocycles. The SMILES string of the molecule is Fc1cc(NCc2ccc[nH]2)ccc1Cl. The van der Waals surface area contributed by atoms with E-state index in [0.29, 0.717) is 12.2 Å². The Bertz CT molecular complexity index is 440. The molecule has 0 aliphatic carbocycles. The highest BCUT2D eigenvalue weighted by Gasteiger charge is 2.00. The Morgan fingerprint density at radius 1 is 1.33 bits per heavy atom. The van der Waals surface area contributed by atoms with Crippen molar-refractivity contribution >= 4 is 17.3 Å². The van der Waals surface area contributed by atoms with Crippen LogP contribution in [0.2, 0.25) is 5.02 Å². The van der Waals surface area contributed by atoms with Crippen molar-refractivity contribution in [2.75, 3.05) is 5.32 Å². The van der Waals surface area contributed by atoms with Crippen LogP contribution in [-0.2, 0) is 6.54 Å². The third kappa shape index (κ3) is 2.50. The zero-order chi connectivity index (χ0) is 10.7. The number of anilines is 1. The Balaban J connectivity index is 2.02. The molecular weight excluding hydrogens is 215 g/mol. The van der Waals surface area contributed by atoms with E-state index in [1.165, 1.54) is 12.1 Å². The molecule has 2 rings (SSSR count). The lowest BCUT2D eigenvalue weighted by molar-refractivity contribution is 0.628. The average Bonchev–Trinajstić information content (AvgIpc) is 2.73. The summed E-state index contributed by atoms with van der Waals surface area (Å²) in [5.74, 6) is -0.409. The number of hydrogen-bond acceptors (Lipinski definition) is 1. The van der Waals surface area contributed by atoms with Gasteiger partial charge in [-0.05, 0) is 30.3 Å². The van der Waals surface area contributed by atoms with Gasteiger partial charge in [0.25, 0.3) is 0 Å². The van der Waals surface area contributed by atoms with Crippen molar-refractivity contribution in [3.05, 3.63) is 53.1 Å². The van der Waals surface area contributed by atoms with Gasteiger partial charge in [-0.2, -0.15) is 0 Å². The minimum atomic E-state index is -0.409. The fourth-order valence-electron chi connectivity index (χ4n) is 1.28. The van der Waals surface area contributed by atoms with Gasteiger partial charge in [0.1, 0.15) is 5.82 Å². The Hall–Kier alpha value is -1.48. The smallest absolute Gasteiger partial charge is 0.143 e. The molecule has 2 nitrogen and oxygen atoms in total. The van der Waals surface area contributed by atoms with Gasteiger partial charge in [-0.15, -0.1) is 0 Å². The maximum absolute atomic E-state index is 13.1. The van der Waals surface area contributed by atoms with Crippen LogP contribution in [0.5, 0.6) is 0 Å². The first-order chi connectivity index (χ1) is 7.25. The van der Waals surface area contributed by atoms with E-state index in [0.717, 1.165) is 5.69 Å². The Morgan fingerprint density at radius 2 is 2.20 bits per heavy atom. The van der Waals surface area contributed by atoms with Gasteiger partial charge in [-0.25, -0.2) is 4.39 Å². The van der Waals surface area contributed by atoms with Gasteiger partial charge in [0.15, 0.2) is 0 Å². The van der Waals surface area contributed by atoms with Gasteiger partial charge in [-0.1, -0.05) is 11.6 Å². The highest BCUT2D eigenvalue weighted by Crippen LogP contribution is 2.18. The average molecular weight is 225 g/mol. The van der Waals surface area contributed by atoms with E-state index in [-0.39, 0.29) is 5.02 Å². The van der Waals surface area contributed by atoms with Crippen LogP contribution < -0.4 is 5.32 Å². The molecule has 0 aliphatic rings. The molecule has 0 saturated carbocycles. The molecule has 1 aromatic heterocycles. The van der Waals surface area contributed by atoms with Crippen molar-refractivity contribution in [2.45, 2.75) is 6.54 Å². The highest BCUT2D eigenvalue weighted by molar-refractivity contribution is 6.30. The standard InChI is InChI=1S/C11H10ClFN2/c12-10-4-3-8(6-11(10)13)15-7-9-2-1-5-14-9/h1-6,14-15H,7H2. The predicted octanol–water partition coefficient (Wildman–Crippen LogP) is 3.42. The van der Waals surface area contributed by atoms with Gasteiger partial charge in [0.05, 0.1) is 11.6 Å². The summed E-state index contributed by atoms with van der Waals surface area (Å²) in [6.45, 7) is 0.633. The summed E-state index contributed by atoms with van der Waals surface area (Å²) < 4.78 is 13.1. The van der Waals surface area contributed by atoms with E-state index in [9.17, 15) is 4.39 Å². The Labute approximate surface area is 92.1 Å². The zero-order valence-corrected chi connectivity index (χ0v) is 8.68. The maximum Gasteiger partial charge on any atom is 0.143 e. The molecule has 0 amide bonds. The summed E-state index contributed by atoms with van der Waals surface area (Å²) in [6, 6.07) is 8.53. The van der Waals surface area contributed by atoms with E-state index in [4.69, 9.17) is 11.6 Å². The topological polar surface area (TPSA) is 27.8 Å². The zero-order valence-electron chi connectivity index (χ0n) is 7.93. The lowest BCUT2D eigenvalue weighted by atomic mass is 10.3. The molecule has 1 heterocycles. The monoisotopic (exact) mass is 224 g/mol. The number of H-pyrrole nitrogens is 1. The predicted molar refractivity (Wildman–Crippen MR) is 59.5 cm³/mol. The first-order valence-corrected chi connectivity index (χ1v) is 4.95. The number of halogens is 2. The maximum atomic E-state index is 13.1. The summed E-state index contributed by atoms with van der Waals surface area (Å²) in [4.78, 5) is 3.05. The first kappa shape index (κ1) is 10.1. The third-order valence-electron chi connectivity index (χ3n) is 2.06. The summed E-state index contributed by atoms with van der Waals surface area (Å²) in [5, 5.41) is 3.22. The molecule has 0 aliphatic heterocycles. The molecule has 0 atom stereocenters. The number of aromatic nitrogens is 1. The second kappa shape index (κ2) is 4.36. The number of rotatable bonds is 3. The Kier molecular flexibility index (Phi) is 2.92. The van der Waals surface area contributed by atoms with Crippen LogP contribution in [0.3, 0.4) is 0 Å². The van der Waals surface area contributed by atoms with E-state index >= 15 is 0 Å². The molecule has 0 unspecified atom stereocenters. The van der Waals surface area contributed by atoms with Crippen molar-refractivity contribution < 1.29 is 4.39 Å². The molecule has 0 spiro atoms. The van der Waals surface area contributed by atoms with Crippen LogP contribution in [0.15, 0.2) is 36.5 Å². The highest BCUT2D eigenvalue weighted by atomic mass is 35.5. The largest absolute Gasteiger partial charge is 0.379 e. The van der Waals surface area contributed by atoms with E-state index in [1.807, 2.05) is 18.3 Å². The second-order valence-electron chi connectivity index (χ2n) is 3.18. The molecule has 0 fully saturated rings. The van der Waals surface area contributed by atoms with Crippen LogP contribution in [0.25, 0.3) is 0 Å². The van der Waals surface area contributed by atoms with Gasteiger partial charge in [-0.3, -0.25) is 0 Å². The van der Waals surface area contributed by atoms with Crippen LogP contribution in [0.1, 0.15) is 5.69 Å². The van der Waals surface area contributed by atoms with Gasteiger partial charge in [0, 0.05) is 17.6 Å². The molecule has 2 aromatic rings. The quantitative estimate of drug-likeness (QED) is 0.822. The fourth-order valence-corrected chi connectivity index (χ4v) is 1.40. The lowest BCUT2D eigenvalue weighted by Crippen LogP contribution is -1.99. The molecule has 1 aromatic carbocycles. The number of benzene rings is 1. The van der Waals surface area contributed by atoms with Gasteiger partial charge in [0.2, 0.25) is 0 Å². The molecule has 0 bridgehead atoms. The number of aromatic amines is 1. The number of hydrogen-bond donors (Lipinski definition) is 2. The minimum absolute atomic E-state index is 0.139. The van der Waals surface area contributed by atoms with Crippen LogP contribution in [0, 0.1) is 5.82 Å². The summed E-state index contributed by atoms with van der Waals surface area (Å²) in [7, 11) is 0. The third-order valence-corrected chi connectivity index (χ3v) is 2.37. The van der Waals surface area contributed by atoms with Crippen LogP contribution in [-0.4, -0.2) is 4.98 Å². The van der Waals surface area contributed by atoms with E-state index in [2.05, 4.69) is 10.3 Å². The molecular formula is C11H10ClFN2. The molecule has 0 radical (unpaired) electrons. The van der Waals surface area contributed by atoms with Gasteiger partial charge < -0.3 is 10.3 Å². The normalized spacial score (nSPS) is 10.3.